The quantitative estimate of drug-likeness (QED) is 0.710. The van der Waals surface area contributed by atoms with Gasteiger partial charge in [0, 0.05) is 4.90 Å². The van der Waals surface area contributed by atoms with E-state index in [4.69, 9.17) is 0 Å². The third-order valence-corrected chi connectivity index (χ3v) is 3.40. The second-order valence-corrected chi connectivity index (χ2v) is 4.55. The zero-order chi connectivity index (χ0) is 10.6. The van der Waals surface area contributed by atoms with Crippen LogP contribution in [0.4, 0.5) is 0 Å². The maximum absolute atomic E-state index is 11.8. The lowest BCUT2D eigenvalue weighted by atomic mass is 10.4. The third kappa shape index (κ3) is 2.42. The highest BCUT2D eigenvalue weighted by Gasteiger charge is 2.21. The van der Waals surface area contributed by atoms with E-state index in [0.717, 1.165) is 0 Å². The second kappa shape index (κ2) is 4.91. The van der Waals surface area contributed by atoms with E-state index in [2.05, 4.69) is 4.74 Å². The molecule has 0 fully saturated rings. The van der Waals surface area contributed by atoms with Crippen molar-refractivity contribution in [2.24, 2.45) is 0 Å². The average molecular weight is 212 g/mol. The number of hydrogen-bond donors (Lipinski definition) is 0. The van der Waals surface area contributed by atoms with E-state index in [9.17, 15) is 9.00 Å². The van der Waals surface area contributed by atoms with Gasteiger partial charge >= 0.3 is 5.97 Å². The first kappa shape index (κ1) is 10.9. The number of methoxy groups -OCH3 is 1. The normalized spacial score (nSPS) is 14.4. The van der Waals surface area contributed by atoms with Gasteiger partial charge in [-0.25, -0.2) is 0 Å². The number of carbonyl (C=O) groups is 1. The van der Waals surface area contributed by atoms with Crippen LogP contribution in [0.3, 0.4) is 0 Å². The number of hydrogen-bond acceptors (Lipinski definition) is 3. The summed E-state index contributed by atoms with van der Waals surface area (Å²) in [6.07, 6.45) is 0. The summed E-state index contributed by atoms with van der Waals surface area (Å²) in [7, 11) is -0.0400. The van der Waals surface area contributed by atoms with Crippen molar-refractivity contribution in [3.8, 4) is 0 Å². The van der Waals surface area contributed by atoms with Crippen LogP contribution in [0.2, 0.25) is 0 Å². The molecule has 1 aromatic carbocycles. The maximum atomic E-state index is 11.8. The van der Waals surface area contributed by atoms with Gasteiger partial charge in [0.1, 0.15) is 5.25 Å². The van der Waals surface area contributed by atoms with E-state index in [1.807, 2.05) is 6.07 Å². The van der Waals surface area contributed by atoms with Gasteiger partial charge in [0.2, 0.25) is 0 Å². The molecule has 2 unspecified atom stereocenters. The summed E-state index contributed by atoms with van der Waals surface area (Å²) in [6, 6.07) is 8.88. The van der Waals surface area contributed by atoms with Gasteiger partial charge in [-0.1, -0.05) is 18.2 Å². The van der Waals surface area contributed by atoms with Crippen molar-refractivity contribution < 1.29 is 13.7 Å². The first-order chi connectivity index (χ1) is 6.66. The molecule has 0 spiro atoms. The molecule has 3 nitrogen and oxygen atoms in total. The predicted molar refractivity (Wildman–Crippen MR) is 54.3 cm³/mol. The topological polar surface area (TPSA) is 43.4 Å². The van der Waals surface area contributed by atoms with Gasteiger partial charge in [-0.2, -0.15) is 0 Å². The molecular formula is C10H12O3S. The predicted octanol–water partition coefficient (Wildman–Crippen LogP) is 1.36. The van der Waals surface area contributed by atoms with Crippen LogP contribution in [0, 0.1) is 0 Å². The fourth-order valence-electron chi connectivity index (χ4n) is 1.01. The van der Waals surface area contributed by atoms with Crippen molar-refractivity contribution in [3.63, 3.8) is 0 Å². The van der Waals surface area contributed by atoms with Crippen LogP contribution in [0.5, 0.6) is 0 Å². The molecule has 14 heavy (non-hydrogen) atoms. The second-order valence-electron chi connectivity index (χ2n) is 2.78. The molecule has 0 aliphatic carbocycles. The lowest BCUT2D eigenvalue weighted by molar-refractivity contribution is -0.139. The van der Waals surface area contributed by atoms with Crippen molar-refractivity contribution >= 4 is 16.8 Å². The number of esters is 1. The van der Waals surface area contributed by atoms with Crippen LogP contribution in [0.15, 0.2) is 35.2 Å². The zero-order valence-corrected chi connectivity index (χ0v) is 8.91. The monoisotopic (exact) mass is 212 g/mol. The van der Waals surface area contributed by atoms with E-state index in [0.29, 0.717) is 4.90 Å². The highest BCUT2D eigenvalue weighted by Crippen LogP contribution is 2.11. The first-order valence-electron chi connectivity index (χ1n) is 4.20. The Morgan fingerprint density at radius 2 is 1.93 bits per heavy atom. The van der Waals surface area contributed by atoms with E-state index >= 15 is 0 Å². The molecule has 1 aromatic rings. The van der Waals surface area contributed by atoms with Crippen molar-refractivity contribution in [2.45, 2.75) is 17.1 Å². The minimum Gasteiger partial charge on any atom is -0.468 e. The van der Waals surface area contributed by atoms with Crippen molar-refractivity contribution in [1.29, 1.82) is 0 Å². The highest BCUT2D eigenvalue weighted by atomic mass is 32.2. The summed E-state index contributed by atoms with van der Waals surface area (Å²) in [5.41, 5.74) is 0. The molecular weight excluding hydrogens is 200 g/mol. The molecule has 1 rings (SSSR count). The molecule has 0 aliphatic heterocycles. The molecule has 0 saturated carbocycles. The van der Waals surface area contributed by atoms with Gasteiger partial charge < -0.3 is 4.74 Å². The lowest BCUT2D eigenvalue weighted by Gasteiger charge is -2.08. The Kier molecular flexibility index (Phi) is 3.83. The molecule has 0 aromatic heterocycles. The smallest absolute Gasteiger partial charge is 0.321 e. The van der Waals surface area contributed by atoms with Crippen molar-refractivity contribution in [3.05, 3.63) is 30.3 Å². The molecule has 0 radical (unpaired) electrons. The van der Waals surface area contributed by atoms with Gasteiger partial charge in [0.15, 0.2) is 0 Å². The molecule has 0 amide bonds. The average Bonchev–Trinajstić information content (AvgIpc) is 2.27. The molecule has 0 aliphatic rings. The van der Waals surface area contributed by atoms with Gasteiger partial charge in [-0.15, -0.1) is 0 Å². The Morgan fingerprint density at radius 3 is 2.43 bits per heavy atom. The number of ether oxygens (including phenoxy) is 1. The van der Waals surface area contributed by atoms with E-state index in [-0.39, 0.29) is 0 Å². The van der Waals surface area contributed by atoms with Crippen LogP contribution >= 0.6 is 0 Å². The van der Waals surface area contributed by atoms with Gasteiger partial charge in [-0.3, -0.25) is 9.00 Å². The van der Waals surface area contributed by atoms with Crippen molar-refractivity contribution in [2.75, 3.05) is 7.11 Å². The van der Waals surface area contributed by atoms with E-state index < -0.39 is 22.0 Å². The van der Waals surface area contributed by atoms with Crippen LogP contribution in [0.25, 0.3) is 0 Å². The lowest BCUT2D eigenvalue weighted by Crippen LogP contribution is -2.23. The Hall–Kier alpha value is -1.16. The fraction of sp³-hybridized carbons (Fsp3) is 0.300. The Labute approximate surface area is 85.5 Å². The number of benzene rings is 1. The molecule has 0 bridgehead atoms. The molecule has 0 N–H and O–H groups in total. The SMILES string of the molecule is COC(=O)C(C)S(=O)c1ccccc1. The first-order valence-corrected chi connectivity index (χ1v) is 5.41. The summed E-state index contributed by atoms with van der Waals surface area (Å²) in [6.45, 7) is 1.59. The third-order valence-electron chi connectivity index (χ3n) is 1.83. The Balaban J connectivity index is 2.81. The molecule has 0 heterocycles. The van der Waals surface area contributed by atoms with Crippen LogP contribution in [-0.4, -0.2) is 22.5 Å². The Morgan fingerprint density at radius 1 is 1.36 bits per heavy atom. The summed E-state index contributed by atoms with van der Waals surface area (Å²) < 4.78 is 16.3. The van der Waals surface area contributed by atoms with Gasteiger partial charge in [0.25, 0.3) is 0 Å². The molecule has 2 atom stereocenters. The largest absolute Gasteiger partial charge is 0.468 e. The molecule has 0 saturated heterocycles. The van der Waals surface area contributed by atoms with Crippen LogP contribution in [-0.2, 0) is 20.3 Å². The van der Waals surface area contributed by atoms with Gasteiger partial charge in [-0.05, 0) is 19.1 Å². The highest BCUT2D eigenvalue weighted by molar-refractivity contribution is 7.86. The minimum atomic E-state index is -1.33. The maximum Gasteiger partial charge on any atom is 0.321 e. The zero-order valence-electron chi connectivity index (χ0n) is 8.10. The van der Waals surface area contributed by atoms with Gasteiger partial charge in [0.05, 0.1) is 17.9 Å². The number of carbonyl (C=O) groups excluding carboxylic acids is 1. The summed E-state index contributed by atoms with van der Waals surface area (Å²) >= 11 is 0. The molecule has 4 heteroatoms. The van der Waals surface area contributed by atoms with Crippen molar-refractivity contribution in [1.82, 2.24) is 0 Å². The standard InChI is InChI=1S/C10H12O3S/c1-8(10(11)13-2)14(12)9-6-4-3-5-7-9/h3-8H,1-2H3. The van der Waals surface area contributed by atoms with Crippen LogP contribution < -0.4 is 0 Å². The summed E-state index contributed by atoms with van der Waals surface area (Å²) in [5.74, 6) is -0.452. The fourth-order valence-corrected chi connectivity index (χ4v) is 2.12. The Bertz CT molecular complexity index is 334. The van der Waals surface area contributed by atoms with E-state index in [1.165, 1.54) is 7.11 Å². The molecule has 76 valence electrons. The van der Waals surface area contributed by atoms with Crippen LogP contribution in [0.1, 0.15) is 6.92 Å². The summed E-state index contributed by atoms with van der Waals surface area (Å²) in [4.78, 5) is 11.8. The van der Waals surface area contributed by atoms with E-state index in [1.54, 1.807) is 31.2 Å². The summed E-state index contributed by atoms with van der Waals surface area (Å²) in [5, 5.41) is -0.623. The number of rotatable bonds is 3. The minimum absolute atomic E-state index is 0.452.